The van der Waals surface area contributed by atoms with Crippen LogP contribution in [-0.4, -0.2) is 61.9 Å². The molecular weight excluding hydrogens is 232 g/mol. The summed E-state index contributed by atoms with van der Waals surface area (Å²) >= 11 is 0. The van der Waals surface area contributed by atoms with Crippen molar-refractivity contribution in [2.75, 3.05) is 32.8 Å². The number of rotatable bonds is 4. The normalized spacial score (nSPS) is 30.4. The van der Waals surface area contributed by atoms with Gasteiger partial charge >= 0.3 is 0 Å². The lowest BCUT2D eigenvalue weighted by Gasteiger charge is -2.35. The van der Waals surface area contributed by atoms with Crippen LogP contribution in [0.4, 0.5) is 0 Å². The summed E-state index contributed by atoms with van der Waals surface area (Å²) < 4.78 is 11.1. The van der Waals surface area contributed by atoms with Crippen LogP contribution in [0.25, 0.3) is 0 Å². The number of nitrogens with one attached hydrogen (secondary N) is 1. The molecule has 0 bridgehead atoms. The predicted molar refractivity (Wildman–Crippen MR) is 68.4 cm³/mol. The van der Waals surface area contributed by atoms with Crippen LogP contribution in [0.2, 0.25) is 0 Å². The van der Waals surface area contributed by atoms with Crippen molar-refractivity contribution < 1.29 is 14.3 Å². The Hall–Kier alpha value is -0.650. The molecule has 0 aromatic carbocycles. The first-order valence-electron chi connectivity index (χ1n) is 6.93. The van der Waals surface area contributed by atoms with E-state index in [2.05, 4.69) is 12.2 Å². The Kier molecular flexibility index (Phi) is 4.97. The van der Waals surface area contributed by atoms with Gasteiger partial charge in [-0.25, -0.2) is 0 Å². The molecule has 2 rings (SSSR count). The molecule has 0 saturated carbocycles. The SMILES string of the molecule is CC(OCC1CCCO1)C(=O)N1CCNCC1C. The minimum Gasteiger partial charge on any atom is -0.376 e. The van der Waals surface area contributed by atoms with Gasteiger partial charge in [0.15, 0.2) is 0 Å². The van der Waals surface area contributed by atoms with Gasteiger partial charge in [0.2, 0.25) is 0 Å². The standard InChI is InChI=1S/C13H24N2O3/c1-10-8-14-5-6-15(10)13(16)11(2)18-9-12-4-3-7-17-12/h10-12,14H,3-9H2,1-2H3. The van der Waals surface area contributed by atoms with Gasteiger partial charge in [0.1, 0.15) is 6.10 Å². The summed E-state index contributed by atoms with van der Waals surface area (Å²) in [5.74, 6) is 0.0991. The van der Waals surface area contributed by atoms with E-state index in [4.69, 9.17) is 9.47 Å². The molecule has 2 aliphatic rings. The van der Waals surface area contributed by atoms with Gasteiger partial charge in [-0.2, -0.15) is 0 Å². The molecule has 0 spiro atoms. The maximum atomic E-state index is 12.2. The lowest BCUT2D eigenvalue weighted by molar-refractivity contribution is -0.147. The number of hydrogen-bond donors (Lipinski definition) is 1. The molecule has 2 aliphatic heterocycles. The second-order valence-corrected chi connectivity index (χ2v) is 5.20. The van der Waals surface area contributed by atoms with E-state index in [-0.39, 0.29) is 24.2 Å². The van der Waals surface area contributed by atoms with Crippen LogP contribution in [0.3, 0.4) is 0 Å². The van der Waals surface area contributed by atoms with Gasteiger partial charge in [-0.1, -0.05) is 0 Å². The van der Waals surface area contributed by atoms with Gasteiger partial charge in [-0.3, -0.25) is 4.79 Å². The zero-order valence-corrected chi connectivity index (χ0v) is 11.4. The topological polar surface area (TPSA) is 50.8 Å². The van der Waals surface area contributed by atoms with Gasteiger partial charge in [-0.05, 0) is 26.7 Å². The van der Waals surface area contributed by atoms with Crippen molar-refractivity contribution >= 4 is 5.91 Å². The first kappa shape index (κ1) is 13.8. The molecule has 1 N–H and O–H groups in total. The monoisotopic (exact) mass is 256 g/mol. The summed E-state index contributed by atoms with van der Waals surface area (Å²) in [5, 5.41) is 3.28. The Labute approximate surface area is 109 Å². The number of nitrogens with zero attached hydrogens (tertiary/aromatic N) is 1. The van der Waals surface area contributed by atoms with Crippen LogP contribution in [-0.2, 0) is 14.3 Å². The molecule has 0 radical (unpaired) electrons. The fourth-order valence-corrected chi connectivity index (χ4v) is 2.50. The van der Waals surface area contributed by atoms with Crippen LogP contribution < -0.4 is 5.32 Å². The summed E-state index contributed by atoms with van der Waals surface area (Å²) in [6.07, 6.45) is 1.96. The molecule has 2 heterocycles. The number of amides is 1. The average Bonchev–Trinajstić information content (AvgIpc) is 2.89. The molecule has 2 saturated heterocycles. The first-order valence-corrected chi connectivity index (χ1v) is 6.93. The van der Waals surface area contributed by atoms with Crippen molar-refractivity contribution in [2.24, 2.45) is 0 Å². The van der Waals surface area contributed by atoms with Gasteiger partial charge in [0.25, 0.3) is 5.91 Å². The molecule has 3 atom stereocenters. The van der Waals surface area contributed by atoms with Gasteiger partial charge in [-0.15, -0.1) is 0 Å². The molecule has 5 nitrogen and oxygen atoms in total. The summed E-state index contributed by atoms with van der Waals surface area (Å²) in [4.78, 5) is 14.2. The smallest absolute Gasteiger partial charge is 0.251 e. The molecule has 104 valence electrons. The van der Waals surface area contributed by atoms with E-state index < -0.39 is 0 Å². The molecule has 0 aromatic rings. The van der Waals surface area contributed by atoms with E-state index in [9.17, 15) is 4.79 Å². The van der Waals surface area contributed by atoms with E-state index in [1.54, 1.807) is 0 Å². The summed E-state index contributed by atoms with van der Waals surface area (Å²) in [6, 6.07) is 0.250. The lowest BCUT2D eigenvalue weighted by atomic mass is 10.2. The predicted octanol–water partition coefficient (Wildman–Crippen LogP) is 0.391. The number of carbonyl (C=O) groups is 1. The maximum absolute atomic E-state index is 12.2. The number of piperazine rings is 1. The zero-order valence-electron chi connectivity index (χ0n) is 11.4. The van der Waals surface area contributed by atoms with Crippen molar-refractivity contribution in [1.82, 2.24) is 10.2 Å². The minimum atomic E-state index is -0.366. The molecule has 0 aromatic heterocycles. The molecular formula is C13H24N2O3. The van der Waals surface area contributed by atoms with E-state index in [0.29, 0.717) is 6.61 Å². The van der Waals surface area contributed by atoms with Crippen molar-refractivity contribution in [1.29, 1.82) is 0 Å². The van der Waals surface area contributed by atoms with Crippen LogP contribution in [0, 0.1) is 0 Å². The number of carbonyl (C=O) groups excluding carboxylic acids is 1. The van der Waals surface area contributed by atoms with Crippen LogP contribution >= 0.6 is 0 Å². The second-order valence-electron chi connectivity index (χ2n) is 5.20. The number of ether oxygens (including phenoxy) is 2. The third-order valence-electron chi connectivity index (χ3n) is 3.69. The van der Waals surface area contributed by atoms with Crippen molar-refractivity contribution in [3.05, 3.63) is 0 Å². The zero-order chi connectivity index (χ0) is 13.0. The highest BCUT2D eigenvalue weighted by atomic mass is 16.5. The third kappa shape index (κ3) is 3.43. The molecule has 3 unspecified atom stereocenters. The van der Waals surface area contributed by atoms with Gasteiger partial charge < -0.3 is 19.7 Å². The van der Waals surface area contributed by atoms with Crippen molar-refractivity contribution in [3.8, 4) is 0 Å². The Morgan fingerprint density at radius 2 is 2.44 bits per heavy atom. The lowest BCUT2D eigenvalue weighted by Crippen LogP contribution is -2.55. The van der Waals surface area contributed by atoms with Crippen LogP contribution in [0.1, 0.15) is 26.7 Å². The Morgan fingerprint density at radius 3 is 3.11 bits per heavy atom. The van der Waals surface area contributed by atoms with Crippen molar-refractivity contribution in [3.63, 3.8) is 0 Å². The Morgan fingerprint density at radius 1 is 1.61 bits per heavy atom. The highest BCUT2D eigenvalue weighted by Crippen LogP contribution is 2.14. The largest absolute Gasteiger partial charge is 0.376 e. The van der Waals surface area contributed by atoms with E-state index >= 15 is 0 Å². The fraction of sp³-hybridized carbons (Fsp3) is 0.923. The first-order chi connectivity index (χ1) is 8.68. The van der Waals surface area contributed by atoms with Crippen molar-refractivity contribution in [2.45, 2.75) is 44.9 Å². The van der Waals surface area contributed by atoms with Gasteiger partial charge in [0.05, 0.1) is 12.7 Å². The quantitative estimate of drug-likeness (QED) is 0.790. The summed E-state index contributed by atoms with van der Waals surface area (Å²) in [5.41, 5.74) is 0. The van der Waals surface area contributed by atoms with E-state index in [0.717, 1.165) is 39.1 Å². The van der Waals surface area contributed by atoms with Crippen LogP contribution in [0.15, 0.2) is 0 Å². The third-order valence-corrected chi connectivity index (χ3v) is 3.69. The molecule has 5 heteroatoms. The highest BCUT2D eigenvalue weighted by molar-refractivity contribution is 5.81. The molecule has 0 aliphatic carbocycles. The summed E-state index contributed by atoms with van der Waals surface area (Å²) in [6.45, 7) is 7.77. The Balaban J connectivity index is 1.76. The van der Waals surface area contributed by atoms with E-state index in [1.807, 2.05) is 11.8 Å². The highest BCUT2D eigenvalue weighted by Gasteiger charge is 2.28. The molecule has 18 heavy (non-hydrogen) atoms. The fourth-order valence-electron chi connectivity index (χ4n) is 2.50. The second kappa shape index (κ2) is 6.50. The summed E-state index contributed by atoms with van der Waals surface area (Å²) in [7, 11) is 0. The maximum Gasteiger partial charge on any atom is 0.251 e. The number of hydrogen-bond acceptors (Lipinski definition) is 4. The van der Waals surface area contributed by atoms with Crippen LogP contribution in [0.5, 0.6) is 0 Å². The molecule has 2 fully saturated rings. The van der Waals surface area contributed by atoms with E-state index in [1.165, 1.54) is 0 Å². The average molecular weight is 256 g/mol. The molecule has 1 amide bonds. The van der Waals surface area contributed by atoms with Gasteiger partial charge in [0, 0.05) is 32.3 Å². The Bertz CT molecular complexity index is 279. The minimum absolute atomic E-state index is 0.0991.